The Kier molecular flexibility index (Phi) is 4.42. The summed E-state index contributed by atoms with van der Waals surface area (Å²) in [5, 5.41) is 0. The van der Waals surface area contributed by atoms with Crippen molar-refractivity contribution in [3.05, 3.63) is 75.9 Å². The zero-order valence-electron chi connectivity index (χ0n) is 13.4. The van der Waals surface area contributed by atoms with Gasteiger partial charge in [0.15, 0.2) is 5.78 Å². The molecule has 0 aliphatic heterocycles. The molecular formula is C20H22O. The maximum absolute atomic E-state index is 12.5. The van der Waals surface area contributed by atoms with Crippen molar-refractivity contribution in [3.8, 4) is 0 Å². The molecule has 21 heavy (non-hydrogen) atoms. The molecule has 0 amide bonds. The maximum atomic E-state index is 12.5. The van der Waals surface area contributed by atoms with Crippen LogP contribution in [-0.4, -0.2) is 5.78 Å². The molecule has 0 N–H and O–H groups in total. The van der Waals surface area contributed by atoms with Gasteiger partial charge in [0.1, 0.15) is 0 Å². The number of hydrogen-bond acceptors (Lipinski definition) is 1. The van der Waals surface area contributed by atoms with Crippen LogP contribution in [0.3, 0.4) is 0 Å². The van der Waals surface area contributed by atoms with E-state index in [0.29, 0.717) is 0 Å². The Hall–Kier alpha value is -2.15. The minimum Gasteiger partial charge on any atom is -0.289 e. The summed E-state index contributed by atoms with van der Waals surface area (Å²) >= 11 is 0. The number of benzene rings is 2. The molecule has 0 saturated heterocycles. The standard InChI is InChI=1S/C20H22O/c1-13-6-8-15(3)18(10-13)17(5)12-20(21)19-11-14(2)7-9-16(19)4/h6-12H,1-5H3. The van der Waals surface area contributed by atoms with Gasteiger partial charge in [-0.3, -0.25) is 4.79 Å². The molecule has 0 atom stereocenters. The van der Waals surface area contributed by atoms with Gasteiger partial charge in [0.25, 0.3) is 0 Å². The van der Waals surface area contributed by atoms with Gasteiger partial charge in [0, 0.05) is 5.56 Å². The fourth-order valence-corrected chi connectivity index (χ4v) is 2.51. The maximum Gasteiger partial charge on any atom is 0.186 e. The van der Waals surface area contributed by atoms with E-state index in [9.17, 15) is 4.79 Å². The van der Waals surface area contributed by atoms with Crippen molar-refractivity contribution in [2.75, 3.05) is 0 Å². The second-order valence-corrected chi connectivity index (χ2v) is 5.83. The van der Waals surface area contributed by atoms with E-state index in [2.05, 4.69) is 32.0 Å². The number of carbonyl (C=O) groups excluding carboxylic acids is 1. The predicted molar refractivity (Wildman–Crippen MR) is 89.8 cm³/mol. The van der Waals surface area contributed by atoms with Gasteiger partial charge in [-0.2, -0.15) is 0 Å². The van der Waals surface area contributed by atoms with Crippen molar-refractivity contribution in [2.45, 2.75) is 34.6 Å². The van der Waals surface area contributed by atoms with E-state index < -0.39 is 0 Å². The van der Waals surface area contributed by atoms with Crippen molar-refractivity contribution < 1.29 is 4.79 Å². The average molecular weight is 278 g/mol. The van der Waals surface area contributed by atoms with Crippen molar-refractivity contribution in [1.82, 2.24) is 0 Å². The van der Waals surface area contributed by atoms with Gasteiger partial charge in [-0.25, -0.2) is 0 Å². The Balaban J connectivity index is 2.40. The molecule has 0 aromatic heterocycles. The monoisotopic (exact) mass is 278 g/mol. The van der Waals surface area contributed by atoms with E-state index >= 15 is 0 Å². The lowest BCUT2D eigenvalue weighted by Crippen LogP contribution is -2.00. The van der Waals surface area contributed by atoms with Crippen LogP contribution in [0, 0.1) is 27.7 Å². The summed E-state index contributed by atoms with van der Waals surface area (Å²) < 4.78 is 0. The highest BCUT2D eigenvalue weighted by molar-refractivity contribution is 6.09. The average Bonchev–Trinajstić information content (AvgIpc) is 2.43. The zero-order valence-corrected chi connectivity index (χ0v) is 13.4. The second kappa shape index (κ2) is 6.09. The van der Waals surface area contributed by atoms with Crippen LogP contribution in [0.1, 0.15) is 45.1 Å². The molecule has 0 aliphatic carbocycles. The highest BCUT2D eigenvalue weighted by atomic mass is 16.1. The van der Waals surface area contributed by atoms with Crippen LogP contribution < -0.4 is 0 Å². The third-order valence-electron chi connectivity index (χ3n) is 3.82. The lowest BCUT2D eigenvalue weighted by molar-refractivity contribution is 0.104. The van der Waals surface area contributed by atoms with E-state index in [-0.39, 0.29) is 5.78 Å². The van der Waals surface area contributed by atoms with Crippen molar-refractivity contribution in [3.63, 3.8) is 0 Å². The minimum absolute atomic E-state index is 0.0783. The molecule has 0 bridgehead atoms. The summed E-state index contributed by atoms with van der Waals surface area (Å²) in [7, 11) is 0. The molecule has 2 rings (SSSR count). The van der Waals surface area contributed by atoms with Crippen LogP contribution in [0.2, 0.25) is 0 Å². The number of rotatable bonds is 3. The van der Waals surface area contributed by atoms with Crippen molar-refractivity contribution in [2.24, 2.45) is 0 Å². The van der Waals surface area contributed by atoms with E-state index in [1.54, 1.807) is 6.08 Å². The molecule has 2 aromatic carbocycles. The van der Waals surface area contributed by atoms with Gasteiger partial charge in [0.05, 0.1) is 0 Å². The van der Waals surface area contributed by atoms with Gasteiger partial charge in [-0.15, -0.1) is 0 Å². The quantitative estimate of drug-likeness (QED) is 0.556. The normalized spacial score (nSPS) is 11.6. The van der Waals surface area contributed by atoms with Crippen LogP contribution in [0.5, 0.6) is 0 Å². The van der Waals surface area contributed by atoms with Crippen LogP contribution in [0.4, 0.5) is 0 Å². The molecule has 0 spiro atoms. The molecule has 0 aliphatic rings. The number of ketones is 1. The van der Waals surface area contributed by atoms with Gasteiger partial charge in [-0.1, -0.05) is 41.5 Å². The molecule has 0 saturated carbocycles. The summed E-state index contributed by atoms with van der Waals surface area (Å²) in [5.41, 5.74) is 7.50. The Labute approximate surface area is 127 Å². The Morgan fingerprint density at radius 2 is 1.29 bits per heavy atom. The highest BCUT2D eigenvalue weighted by Gasteiger charge is 2.09. The molecule has 0 heterocycles. The summed E-state index contributed by atoms with van der Waals surface area (Å²) in [4.78, 5) is 12.5. The molecule has 0 unspecified atom stereocenters. The third kappa shape index (κ3) is 3.49. The highest BCUT2D eigenvalue weighted by Crippen LogP contribution is 2.21. The van der Waals surface area contributed by atoms with E-state index in [0.717, 1.165) is 27.8 Å². The molecule has 0 radical (unpaired) electrons. The second-order valence-electron chi connectivity index (χ2n) is 5.83. The summed E-state index contributed by atoms with van der Waals surface area (Å²) in [6, 6.07) is 12.3. The smallest absolute Gasteiger partial charge is 0.186 e. The van der Waals surface area contributed by atoms with Crippen molar-refractivity contribution in [1.29, 1.82) is 0 Å². The first kappa shape index (κ1) is 15.2. The number of hydrogen-bond donors (Lipinski definition) is 0. The first-order chi connectivity index (χ1) is 9.88. The van der Waals surface area contributed by atoms with Gasteiger partial charge >= 0.3 is 0 Å². The molecule has 108 valence electrons. The largest absolute Gasteiger partial charge is 0.289 e. The van der Waals surface area contributed by atoms with Crippen LogP contribution in [-0.2, 0) is 0 Å². The molecule has 0 fully saturated rings. The Morgan fingerprint density at radius 1 is 0.810 bits per heavy atom. The minimum atomic E-state index is 0.0783. The van der Waals surface area contributed by atoms with E-state index in [1.165, 1.54) is 11.1 Å². The number of aryl methyl sites for hydroxylation is 4. The zero-order chi connectivity index (χ0) is 15.6. The number of allylic oxidation sites excluding steroid dienone is 2. The fraction of sp³-hybridized carbons (Fsp3) is 0.250. The number of carbonyl (C=O) groups is 1. The summed E-state index contributed by atoms with van der Waals surface area (Å²) in [6.45, 7) is 10.1. The lowest BCUT2D eigenvalue weighted by atomic mass is 9.96. The SMILES string of the molecule is CC(=CC(=O)c1cc(C)ccc1C)c1cc(C)ccc1C. The van der Waals surface area contributed by atoms with Gasteiger partial charge < -0.3 is 0 Å². The predicted octanol–water partition coefficient (Wildman–Crippen LogP) is 5.21. The van der Waals surface area contributed by atoms with E-state index in [1.807, 2.05) is 39.0 Å². The van der Waals surface area contributed by atoms with Crippen LogP contribution in [0.15, 0.2) is 42.5 Å². The fourth-order valence-electron chi connectivity index (χ4n) is 2.51. The third-order valence-corrected chi connectivity index (χ3v) is 3.82. The van der Waals surface area contributed by atoms with Crippen molar-refractivity contribution >= 4 is 11.4 Å². The molecule has 2 aromatic rings. The first-order valence-corrected chi connectivity index (χ1v) is 7.26. The Morgan fingerprint density at radius 3 is 1.86 bits per heavy atom. The van der Waals surface area contributed by atoms with Crippen LogP contribution >= 0.6 is 0 Å². The van der Waals surface area contributed by atoms with E-state index in [4.69, 9.17) is 0 Å². The molecule has 1 nitrogen and oxygen atoms in total. The van der Waals surface area contributed by atoms with Crippen LogP contribution in [0.25, 0.3) is 5.57 Å². The lowest BCUT2D eigenvalue weighted by Gasteiger charge is -2.09. The van der Waals surface area contributed by atoms with Gasteiger partial charge in [-0.05, 0) is 69.0 Å². The first-order valence-electron chi connectivity index (χ1n) is 7.26. The topological polar surface area (TPSA) is 17.1 Å². The molecular weight excluding hydrogens is 256 g/mol. The molecule has 1 heteroatoms. The van der Waals surface area contributed by atoms with Gasteiger partial charge in [0.2, 0.25) is 0 Å². The Bertz CT molecular complexity index is 721. The summed E-state index contributed by atoms with van der Waals surface area (Å²) in [6.07, 6.45) is 1.75. The summed E-state index contributed by atoms with van der Waals surface area (Å²) in [5.74, 6) is 0.0783.